The molecule has 2 bridgehead atoms. The van der Waals surface area contributed by atoms with Crippen LogP contribution in [0.25, 0.3) is 0 Å². The highest BCUT2D eigenvalue weighted by molar-refractivity contribution is 7.98. The number of carbonyl (C=O) groups is 1. The van der Waals surface area contributed by atoms with Crippen LogP contribution in [-0.2, 0) is 0 Å². The summed E-state index contributed by atoms with van der Waals surface area (Å²) in [5.74, 6) is 0.0799. The van der Waals surface area contributed by atoms with Crippen molar-refractivity contribution in [3.63, 3.8) is 0 Å². The van der Waals surface area contributed by atoms with E-state index < -0.39 is 0 Å². The normalized spacial score (nSPS) is 29.2. The van der Waals surface area contributed by atoms with Crippen molar-refractivity contribution in [3.8, 4) is 0 Å². The Morgan fingerprint density at radius 3 is 2.63 bits per heavy atom. The number of nitrogens with one attached hydrogen (secondary N) is 2. The van der Waals surface area contributed by atoms with E-state index in [-0.39, 0.29) is 5.91 Å². The third kappa shape index (κ3) is 2.79. The molecule has 0 aromatic heterocycles. The van der Waals surface area contributed by atoms with Crippen molar-refractivity contribution in [2.24, 2.45) is 0 Å². The standard InChI is InChI=1S/C15H20N2OS/c1-19-14-5-3-2-4-13(14)15(18)17-12-8-10-6-7-11(9-12)16-10/h2-5,10-12,16H,6-9H2,1H3,(H,17,18). The lowest BCUT2D eigenvalue weighted by Gasteiger charge is -2.29. The van der Waals surface area contributed by atoms with Gasteiger partial charge in [-0.25, -0.2) is 0 Å². The lowest BCUT2D eigenvalue weighted by atomic mass is 9.99. The maximum Gasteiger partial charge on any atom is 0.252 e. The highest BCUT2D eigenvalue weighted by Gasteiger charge is 2.34. The number of amides is 1. The fourth-order valence-electron chi connectivity index (χ4n) is 3.27. The SMILES string of the molecule is CSc1ccccc1C(=O)NC1CC2CCC(C1)N2. The van der Waals surface area contributed by atoms with Crippen LogP contribution in [0.15, 0.2) is 29.2 Å². The molecule has 102 valence electrons. The Hall–Kier alpha value is -1.00. The summed E-state index contributed by atoms with van der Waals surface area (Å²) in [6.45, 7) is 0. The van der Waals surface area contributed by atoms with Crippen LogP contribution in [0, 0.1) is 0 Å². The third-order valence-corrected chi connectivity index (χ3v) is 4.96. The Labute approximate surface area is 118 Å². The molecule has 0 spiro atoms. The molecule has 2 fully saturated rings. The monoisotopic (exact) mass is 276 g/mol. The molecular formula is C15H20N2OS. The average molecular weight is 276 g/mol. The van der Waals surface area contributed by atoms with Gasteiger partial charge in [-0.05, 0) is 44.1 Å². The molecule has 0 radical (unpaired) electrons. The fraction of sp³-hybridized carbons (Fsp3) is 0.533. The molecule has 0 aliphatic carbocycles. The number of thioether (sulfide) groups is 1. The average Bonchev–Trinajstić information content (AvgIpc) is 2.78. The molecule has 2 saturated heterocycles. The van der Waals surface area contributed by atoms with Gasteiger partial charge in [-0.3, -0.25) is 4.79 Å². The van der Waals surface area contributed by atoms with Crippen molar-refractivity contribution >= 4 is 17.7 Å². The first-order valence-electron chi connectivity index (χ1n) is 6.96. The van der Waals surface area contributed by atoms with E-state index in [1.165, 1.54) is 12.8 Å². The van der Waals surface area contributed by atoms with Crippen LogP contribution < -0.4 is 10.6 Å². The van der Waals surface area contributed by atoms with Crippen molar-refractivity contribution < 1.29 is 4.79 Å². The van der Waals surface area contributed by atoms with Crippen LogP contribution in [0.5, 0.6) is 0 Å². The summed E-state index contributed by atoms with van der Waals surface area (Å²) in [7, 11) is 0. The van der Waals surface area contributed by atoms with Crippen molar-refractivity contribution in [2.45, 2.75) is 48.7 Å². The van der Waals surface area contributed by atoms with E-state index in [4.69, 9.17) is 0 Å². The molecule has 1 aromatic rings. The van der Waals surface area contributed by atoms with Gasteiger partial charge in [0.25, 0.3) is 5.91 Å². The molecule has 3 nitrogen and oxygen atoms in total. The van der Waals surface area contributed by atoms with Crippen LogP contribution in [0.4, 0.5) is 0 Å². The van der Waals surface area contributed by atoms with Gasteiger partial charge in [0.2, 0.25) is 0 Å². The predicted molar refractivity (Wildman–Crippen MR) is 78.7 cm³/mol. The number of carbonyl (C=O) groups excluding carboxylic acids is 1. The second kappa shape index (κ2) is 5.55. The highest BCUT2D eigenvalue weighted by Crippen LogP contribution is 2.27. The van der Waals surface area contributed by atoms with Gasteiger partial charge in [0.05, 0.1) is 5.56 Å². The molecule has 2 N–H and O–H groups in total. The number of rotatable bonds is 3. The fourth-order valence-corrected chi connectivity index (χ4v) is 3.87. The zero-order valence-electron chi connectivity index (χ0n) is 11.2. The molecule has 4 heteroatoms. The minimum Gasteiger partial charge on any atom is -0.349 e. The largest absolute Gasteiger partial charge is 0.349 e. The molecule has 2 atom stereocenters. The number of piperidine rings is 1. The molecule has 2 heterocycles. The van der Waals surface area contributed by atoms with Crippen LogP contribution >= 0.6 is 11.8 Å². The Morgan fingerprint density at radius 2 is 1.95 bits per heavy atom. The highest BCUT2D eigenvalue weighted by atomic mass is 32.2. The molecular weight excluding hydrogens is 256 g/mol. The Kier molecular flexibility index (Phi) is 3.80. The maximum absolute atomic E-state index is 12.4. The van der Waals surface area contributed by atoms with E-state index in [0.29, 0.717) is 18.1 Å². The molecule has 2 aliphatic heterocycles. The first kappa shape index (κ1) is 13.0. The van der Waals surface area contributed by atoms with Gasteiger partial charge in [-0.15, -0.1) is 11.8 Å². The van der Waals surface area contributed by atoms with Crippen molar-refractivity contribution in [1.29, 1.82) is 0 Å². The summed E-state index contributed by atoms with van der Waals surface area (Å²) >= 11 is 1.63. The lowest BCUT2D eigenvalue weighted by Crippen LogP contribution is -2.48. The van der Waals surface area contributed by atoms with Gasteiger partial charge in [0.1, 0.15) is 0 Å². The Morgan fingerprint density at radius 1 is 1.26 bits per heavy atom. The van der Waals surface area contributed by atoms with E-state index in [0.717, 1.165) is 23.3 Å². The van der Waals surface area contributed by atoms with E-state index in [2.05, 4.69) is 10.6 Å². The number of fused-ring (bicyclic) bond motifs is 2. The minimum absolute atomic E-state index is 0.0799. The second-order valence-electron chi connectivity index (χ2n) is 5.48. The van der Waals surface area contributed by atoms with Gasteiger partial charge in [0.15, 0.2) is 0 Å². The van der Waals surface area contributed by atoms with E-state index in [1.54, 1.807) is 11.8 Å². The van der Waals surface area contributed by atoms with Crippen LogP contribution in [0.2, 0.25) is 0 Å². The molecule has 2 unspecified atom stereocenters. The molecule has 1 amide bonds. The van der Waals surface area contributed by atoms with E-state index in [9.17, 15) is 4.79 Å². The summed E-state index contributed by atoms with van der Waals surface area (Å²) in [5.41, 5.74) is 0.806. The number of hydrogen-bond donors (Lipinski definition) is 2. The zero-order valence-corrected chi connectivity index (χ0v) is 12.0. The molecule has 2 aliphatic rings. The lowest BCUT2D eigenvalue weighted by molar-refractivity contribution is 0.0921. The summed E-state index contributed by atoms with van der Waals surface area (Å²) in [6, 6.07) is 9.39. The topological polar surface area (TPSA) is 41.1 Å². The van der Waals surface area contributed by atoms with Crippen LogP contribution in [0.3, 0.4) is 0 Å². The smallest absolute Gasteiger partial charge is 0.252 e. The van der Waals surface area contributed by atoms with Crippen molar-refractivity contribution in [3.05, 3.63) is 29.8 Å². The second-order valence-corrected chi connectivity index (χ2v) is 6.33. The number of hydrogen-bond acceptors (Lipinski definition) is 3. The van der Waals surface area contributed by atoms with Crippen molar-refractivity contribution in [1.82, 2.24) is 10.6 Å². The summed E-state index contributed by atoms with van der Waals surface area (Å²) in [6.07, 6.45) is 6.68. The van der Waals surface area contributed by atoms with Crippen LogP contribution in [0.1, 0.15) is 36.0 Å². The maximum atomic E-state index is 12.4. The molecule has 1 aromatic carbocycles. The predicted octanol–water partition coefficient (Wildman–Crippen LogP) is 2.42. The van der Waals surface area contributed by atoms with Gasteiger partial charge in [0, 0.05) is 23.0 Å². The Balaban J connectivity index is 1.68. The quantitative estimate of drug-likeness (QED) is 0.833. The summed E-state index contributed by atoms with van der Waals surface area (Å²) in [4.78, 5) is 13.4. The summed E-state index contributed by atoms with van der Waals surface area (Å²) in [5, 5.41) is 6.82. The zero-order chi connectivity index (χ0) is 13.2. The Bertz CT molecular complexity index is 465. The summed E-state index contributed by atoms with van der Waals surface area (Å²) < 4.78 is 0. The van der Waals surface area contributed by atoms with Gasteiger partial charge in [-0.1, -0.05) is 12.1 Å². The minimum atomic E-state index is 0.0799. The van der Waals surface area contributed by atoms with Crippen LogP contribution in [-0.4, -0.2) is 30.3 Å². The van der Waals surface area contributed by atoms with Gasteiger partial charge >= 0.3 is 0 Å². The van der Waals surface area contributed by atoms with Gasteiger partial charge < -0.3 is 10.6 Å². The first-order chi connectivity index (χ1) is 9.26. The first-order valence-corrected chi connectivity index (χ1v) is 8.18. The number of benzene rings is 1. The van der Waals surface area contributed by atoms with Gasteiger partial charge in [-0.2, -0.15) is 0 Å². The van der Waals surface area contributed by atoms with E-state index in [1.807, 2.05) is 30.5 Å². The van der Waals surface area contributed by atoms with Crippen molar-refractivity contribution in [2.75, 3.05) is 6.26 Å². The molecule has 19 heavy (non-hydrogen) atoms. The van der Waals surface area contributed by atoms with E-state index >= 15 is 0 Å². The molecule has 0 saturated carbocycles. The molecule has 3 rings (SSSR count). The third-order valence-electron chi connectivity index (χ3n) is 4.16.